The molecular weight excluding hydrogens is 230 g/mol. The SMILES string of the molecule is CNc1ccncc1C(=O)N(CCOC)C(C)C. The molecule has 0 fully saturated rings. The molecule has 0 saturated carbocycles. The van der Waals surface area contributed by atoms with E-state index in [1.54, 1.807) is 37.5 Å². The molecule has 0 bridgehead atoms. The Morgan fingerprint density at radius 2 is 2.28 bits per heavy atom. The van der Waals surface area contributed by atoms with E-state index < -0.39 is 0 Å². The molecule has 1 heterocycles. The summed E-state index contributed by atoms with van der Waals surface area (Å²) in [5, 5.41) is 3.01. The van der Waals surface area contributed by atoms with Crippen LogP contribution in [0.5, 0.6) is 0 Å². The van der Waals surface area contributed by atoms with Crippen LogP contribution in [-0.2, 0) is 4.74 Å². The minimum Gasteiger partial charge on any atom is -0.387 e. The third-order valence-corrected chi connectivity index (χ3v) is 2.74. The number of hydrogen-bond donors (Lipinski definition) is 1. The highest BCUT2D eigenvalue weighted by molar-refractivity contribution is 5.99. The number of methoxy groups -OCH3 is 1. The van der Waals surface area contributed by atoms with Crippen molar-refractivity contribution in [2.75, 3.05) is 32.6 Å². The quantitative estimate of drug-likeness (QED) is 0.834. The van der Waals surface area contributed by atoms with Gasteiger partial charge in [-0.1, -0.05) is 0 Å². The highest BCUT2D eigenvalue weighted by Crippen LogP contribution is 2.16. The third kappa shape index (κ3) is 3.43. The molecule has 0 saturated heterocycles. The average molecular weight is 251 g/mol. The van der Waals surface area contributed by atoms with Gasteiger partial charge < -0.3 is 15.0 Å². The normalized spacial score (nSPS) is 10.5. The molecule has 1 aromatic rings. The zero-order chi connectivity index (χ0) is 13.5. The minimum atomic E-state index is -0.0282. The van der Waals surface area contributed by atoms with Crippen LogP contribution in [0.25, 0.3) is 0 Å². The van der Waals surface area contributed by atoms with Gasteiger partial charge in [0, 0.05) is 44.8 Å². The summed E-state index contributed by atoms with van der Waals surface area (Å²) in [4.78, 5) is 18.3. The van der Waals surface area contributed by atoms with Crippen molar-refractivity contribution in [1.82, 2.24) is 9.88 Å². The molecule has 0 unspecified atom stereocenters. The van der Waals surface area contributed by atoms with E-state index in [4.69, 9.17) is 4.74 Å². The number of rotatable bonds is 6. The van der Waals surface area contributed by atoms with Gasteiger partial charge in [-0.25, -0.2) is 0 Å². The third-order valence-electron chi connectivity index (χ3n) is 2.74. The first-order valence-corrected chi connectivity index (χ1v) is 6.03. The van der Waals surface area contributed by atoms with Crippen molar-refractivity contribution in [3.05, 3.63) is 24.0 Å². The van der Waals surface area contributed by atoms with Crippen molar-refractivity contribution in [2.24, 2.45) is 0 Å². The summed E-state index contributed by atoms with van der Waals surface area (Å²) in [5.74, 6) is -0.0282. The number of pyridine rings is 1. The van der Waals surface area contributed by atoms with E-state index in [2.05, 4.69) is 10.3 Å². The summed E-state index contributed by atoms with van der Waals surface area (Å²) in [6.07, 6.45) is 3.26. The fourth-order valence-electron chi connectivity index (χ4n) is 1.72. The second-order valence-corrected chi connectivity index (χ2v) is 4.26. The molecule has 0 aliphatic heterocycles. The largest absolute Gasteiger partial charge is 0.387 e. The molecule has 1 amide bonds. The standard InChI is InChI=1S/C13H21N3O2/c1-10(2)16(7-8-18-4)13(17)11-9-15-6-5-12(11)14-3/h5-6,9-10H,7-8H2,1-4H3,(H,14,15). The lowest BCUT2D eigenvalue weighted by Crippen LogP contribution is -2.39. The van der Waals surface area contributed by atoms with Gasteiger partial charge in [0.1, 0.15) is 0 Å². The van der Waals surface area contributed by atoms with E-state index in [-0.39, 0.29) is 11.9 Å². The van der Waals surface area contributed by atoms with Crippen LogP contribution in [0.4, 0.5) is 5.69 Å². The van der Waals surface area contributed by atoms with Crippen LogP contribution in [0, 0.1) is 0 Å². The number of carbonyl (C=O) groups excluding carboxylic acids is 1. The number of aromatic nitrogens is 1. The molecule has 0 atom stereocenters. The summed E-state index contributed by atoms with van der Waals surface area (Å²) in [5.41, 5.74) is 1.38. The van der Waals surface area contributed by atoms with E-state index in [1.165, 1.54) is 0 Å². The smallest absolute Gasteiger partial charge is 0.257 e. The number of nitrogens with one attached hydrogen (secondary N) is 1. The molecule has 0 aliphatic rings. The van der Waals surface area contributed by atoms with Crippen LogP contribution in [-0.4, -0.2) is 49.1 Å². The number of carbonyl (C=O) groups is 1. The van der Waals surface area contributed by atoms with Crippen LogP contribution in [0.15, 0.2) is 18.5 Å². The van der Waals surface area contributed by atoms with Crippen molar-refractivity contribution >= 4 is 11.6 Å². The number of hydrogen-bond acceptors (Lipinski definition) is 4. The predicted molar refractivity (Wildman–Crippen MR) is 71.8 cm³/mol. The summed E-state index contributed by atoms with van der Waals surface area (Å²) in [7, 11) is 3.42. The maximum atomic E-state index is 12.5. The van der Waals surface area contributed by atoms with Gasteiger partial charge in [0.25, 0.3) is 5.91 Å². The van der Waals surface area contributed by atoms with Crippen LogP contribution in [0.1, 0.15) is 24.2 Å². The Kier molecular flexibility index (Phi) is 5.58. The number of anilines is 1. The van der Waals surface area contributed by atoms with E-state index in [1.807, 2.05) is 13.8 Å². The molecule has 5 heteroatoms. The van der Waals surface area contributed by atoms with E-state index in [0.29, 0.717) is 18.7 Å². The second kappa shape index (κ2) is 6.96. The zero-order valence-corrected chi connectivity index (χ0v) is 11.4. The highest BCUT2D eigenvalue weighted by atomic mass is 16.5. The Morgan fingerprint density at radius 3 is 2.83 bits per heavy atom. The lowest BCUT2D eigenvalue weighted by Gasteiger charge is -2.27. The van der Waals surface area contributed by atoms with Crippen molar-refractivity contribution in [3.8, 4) is 0 Å². The maximum Gasteiger partial charge on any atom is 0.257 e. The number of ether oxygens (including phenoxy) is 1. The van der Waals surface area contributed by atoms with Gasteiger partial charge >= 0.3 is 0 Å². The first-order valence-electron chi connectivity index (χ1n) is 6.03. The lowest BCUT2D eigenvalue weighted by atomic mass is 10.2. The van der Waals surface area contributed by atoms with Crippen LogP contribution in [0.2, 0.25) is 0 Å². The number of amides is 1. The van der Waals surface area contributed by atoms with Crippen molar-refractivity contribution in [2.45, 2.75) is 19.9 Å². The second-order valence-electron chi connectivity index (χ2n) is 4.26. The van der Waals surface area contributed by atoms with Crippen molar-refractivity contribution in [1.29, 1.82) is 0 Å². The van der Waals surface area contributed by atoms with Gasteiger partial charge in [0.2, 0.25) is 0 Å². The fraction of sp³-hybridized carbons (Fsp3) is 0.538. The van der Waals surface area contributed by atoms with Gasteiger partial charge in [-0.05, 0) is 19.9 Å². The Hall–Kier alpha value is -1.62. The van der Waals surface area contributed by atoms with Crippen LogP contribution < -0.4 is 5.32 Å². The lowest BCUT2D eigenvalue weighted by molar-refractivity contribution is 0.0635. The first kappa shape index (κ1) is 14.4. The summed E-state index contributed by atoms with van der Waals surface area (Å²) in [6, 6.07) is 1.92. The first-order chi connectivity index (χ1) is 8.61. The van der Waals surface area contributed by atoms with Gasteiger partial charge in [0.05, 0.1) is 12.2 Å². The van der Waals surface area contributed by atoms with E-state index >= 15 is 0 Å². The Morgan fingerprint density at radius 1 is 1.56 bits per heavy atom. The molecule has 1 rings (SSSR count). The molecular formula is C13H21N3O2. The number of nitrogens with zero attached hydrogens (tertiary/aromatic N) is 2. The molecule has 5 nitrogen and oxygen atoms in total. The fourth-order valence-corrected chi connectivity index (χ4v) is 1.72. The summed E-state index contributed by atoms with van der Waals surface area (Å²) in [6.45, 7) is 5.08. The molecule has 100 valence electrons. The van der Waals surface area contributed by atoms with Gasteiger partial charge in [-0.3, -0.25) is 9.78 Å². The monoisotopic (exact) mass is 251 g/mol. The topological polar surface area (TPSA) is 54.5 Å². The molecule has 18 heavy (non-hydrogen) atoms. The minimum absolute atomic E-state index is 0.0282. The van der Waals surface area contributed by atoms with Gasteiger partial charge in [-0.15, -0.1) is 0 Å². The molecule has 1 aromatic heterocycles. The average Bonchev–Trinajstić information content (AvgIpc) is 2.38. The Balaban J connectivity index is 2.94. The predicted octanol–water partition coefficient (Wildman–Crippen LogP) is 1.62. The molecule has 0 radical (unpaired) electrons. The van der Waals surface area contributed by atoms with Crippen molar-refractivity contribution in [3.63, 3.8) is 0 Å². The maximum absolute atomic E-state index is 12.5. The highest BCUT2D eigenvalue weighted by Gasteiger charge is 2.20. The molecule has 0 aromatic carbocycles. The molecule has 1 N–H and O–H groups in total. The summed E-state index contributed by atoms with van der Waals surface area (Å²) >= 11 is 0. The van der Waals surface area contributed by atoms with E-state index in [9.17, 15) is 4.79 Å². The Labute approximate surface area is 108 Å². The molecule has 0 spiro atoms. The van der Waals surface area contributed by atoms with Gasteiger partial charge in [0.15, 0.2) is 0 Å². The van der Waals surface area contributed by atoms with E-state index in [0.717, 1.165) is 5.69 Å². The molecule has 0 aliphatic carbocycles. The Bertz CT molecular complexity index is 394. The van der Waals surface area contributed by atoms with Crippen molar-refractivity contribution < 1.29 is 9.53 Å². The van der Waals surface area contributed by atoms with Crippen LogP contribution in [0.3, 0.4) is 0 Å². The van der Waals surface area contributed by atoms with Gasteiger partial charge in [-0.2, -0.15) is 0 Å². The summed E-state index contributed by atoms with van der Waals surface area (Å²) < 4.78 is 5.04. The zero-order valence-electron chi connectivity index (χ0n) is 11.4. The van der Waals surface area contributed by atoms with Crippen LogP contribution >= 0.6 is 0 Å².